The molecular weight excluding hydrogens is 416 g/mol. The fourth-order valence-corrected chi connectivity index (χ4v) is 4.07. The number of carbonyl (C=O) groups is 2. The summed E-state index contributed by atoms with van der Waals surface area (Å²) in [6.45, 7) is 5.93. The number of carbonyl (C=O) groups excluding carboxylic acids is 2. The number of rotatable bonds is 5. The van der Waals surface area contributed by atoms with Gasteiger partial charge >= 0.3 is 11.9 Å². The Kier molecular flexibility index (Phi) is 7.34. The van der Waals surface area contributed by atoms with Gasteiger partial charge in [-0.25, -0.2) is 9.59 Å². The molecule has 0 amide bonds. The van der Waals surface area contributed by atoms with E-state index < -0.39 is 11.9 Å². The fraction of sp³-hybridized carbons (Fsp3) is 0.214. The predicted molar refractivity (Wildman–Crippen MR) is 129 cm³/mol. The van der Waals surface area contributed by atoms with E-state index >= 15 is 0 Å². The molecule has 0 unspecified atom stereocenters. The summed E-state index contributed by atoms with van der Waals surface area (Å²) in [5, 5.41) is 0. The minimum Gasteiger partial charge on any atom is -0.497 e. The Hall–Kier alpha value is -3.86. The molecule has 0 saturated carbocycles. The molecule has 2 aliphatic rings. The predicted octanol–water partition coefficient (Wildman–Crippen LogP) is 5.44. The number of esters is 2. The van der Waals surface area contributed by atoms with Crippen molar-refractivity contribution in [2.24, 2.45) is 0 Å². The summed E-state index contributed by atoms with van der Waals surface area (Å²) in [5.41, 5.74) is 6.60. The molecule has 1 aromatic carbocycles. The van der Waals surface area contributed by atoms with Crippen molar-refractivity contribution in [1.82, 2.24) is 0 Å². The molecule has 0 heterocycles. The lowest BCUT2D eigenvalue weighted by atomic mass is 9.85. The van der Waals surface area contributed by atoms with Crippen LogP contribution in [0.15, 0.2) is 99.2 Å². The van der Waals surface area contributed by atoms with Gasteiger partial charge in [0.25, 0.3) is 0 Å². The molecule has 0 saturated heterocycles. The van der Waals surface area contributed by atoms with Gasteiger partial charge in [0, 0.05) is 5.57 Å². The third-order valence-electron chi connectivity index (χ3n) is 5.53. The molecule has 0 aromatic heterocycles. The molecule has 0 bridgehead atoms. The quantitative estimate of drug-likeness (QED) is 0.566. The van der Waals surface area contributed by atoms with Crippen LogP contribution in [-0.4, -0.2) is 33.3 Å². The second-order valence-electron chi connectivity index (χ2n) is 7.82. The van der Waals surface area contributed by atoms with Crippen molar-refractivity contribution < 1.29 is 23.8 Å². The Morgan fingerprint density at radius 1 is 0.788 bits per heavy atom. The molecule has 0 N–H and O–H groups in total. The topological polar surface area (TPSA) is 61.8 Å². The van der Waals surface area contributed by atoms with Gasteiger partial charge in [-0.1, -0.05) is 48.1 Å². The second kappa shape index (κ2) is 10.2. The largest absolute Gasteiger partial charge is 0.497 e. The van der Waals surface area contributed by atoms with Gasteiger partial charge in [-0.15, -0.1) is 0 Å². The van der Waals surface area contributed by atoms with Gasteiger partial charge in [0.2, 0.25) is 0 Å². The molecule has 3 rings (SSSR count). The minimum absolute atomic E-state index is 0.157. The highest BCUT2D eigenvalue weighted by Crippen LogP contribution is 2.40. The number of ether oxygens (including phenoxy) is 3. The monoisotopic (exact) mass is 444 g/mol. The van der Waals surface area contributed by atoms with Crippen molar-refractivity contribution in [2.75, 3.05) is 21.3 Å². The van der Waals surface area contributed by atoms with Crippen LogP contribution >= 0.6 is 0 Å². The first-order chi connectivity index (χ1) is 15.8. The van der Waals surface area contributed by atoms with E-state index in [1.165, 1.54) is 14.2 Å². The summed E-state index contributed by atoms with van der Waals surface area (Å²) in [6.07, 6.45) is 11.5. The van der Waals surface area contributed by atoms with E-state index in [2.05, 4.69) is 6.08 Å². The molecule has 0 spiro atoms. The number of methoxy groups -OCH3 is 3. The molecule has 0 fully saturated rings. The van der Waals surface area contributed by atoms with Crippen molar-refractivity contribution >= 4 is 18.0 Å². The normalized spacial score (nSPS) is 16.2. The lowest BCUT2D eigenvalue weighted by Gasteiger charge is -2.18. The smallest absolute Gasteiger partial charge is 0.339 e. The highest BCUT2D eigenvalue weighted by Gasteiger charge is 2.31. The van der Waals surface area contributed by atoms with E-state index in [9.17, 15) is 9.59 Å². The summed E-state index contributed by atoms with van der Waals surface area (Å²) < 4.78 is 15.3. The van der Waals surface area contributed by atoms with Crippen LogP contribution in [0.5, 0.6) is 5.75 Å². The lowest BCUT2D eigenvalue weighted by Crippen LogP contribution is -2.18. The Bertz CT molecular complexity index is 1200. The van der Waals surface area contributed by atoms with Crippen molar-refractivity contribution in [3.63, 3.8) is 0 Å². The number of allylic oxidation sites excluding steroid dienone is 11. The molecule has 0 atom stereocenters. The van der Waals surface area contributed by atoms with Crippen molar-refractivity contribution in [1.29, 1.82) is 0 Å². The molecular formula is C28H28O5. The minimum atomic E-state index is -0.599. The third-order valence-corrected chi connectivity index (χ3v) is 5.53. The van der Waals surface area contributed by atoms with Crippen LogP contribution in [0.2, 0.25) is 0 Å². The third kappa shape index (κ3) is 4.98. The van der Waals surface area contributed by atoms with Gasteiger partial charge < -0.3 is 14.2 Å². The van der Waals surface area contributed by atoms with Gasteiger partial charge in [-0.05, 0) is 66.8 Å². The maximum atomic E-state index is 12.9. The van der Waals surface area contributed by atoms with E-state index in [-0.39, 0.29) is 11.1 Å². The number of benzene rings is 1. The van der Waals surface area contributed by atoms with E-state index in [1.807, 2.05) is 69.3 Å². The van der Waals surface area contributed by atoms with E-state index in [4.69, 9.17) is 14.2 Å². The first-order valence-electron chi connectivity index (χ1n) is 10.5. The van der Waals surface area contributed by atoms with Gasteiger partial charge in [0.05, 0.1) is 32.5 Å². The van der Waals surface area contributed by atoms with Crippen LogP contribution in [0.25, 0.3) is 6.08 Å². The standard InChI is InChI=1S/C28H28O5/c1-17-15-18(2)24-21(10-7-20-8-12-22(31-4)13-9-20)11-14-23(27(29)32-5)26(28(30)33-6)25(24)19(3)16-17/h7-16H,1-6H3/b10-7+. The number of hydrogen-bond donors (Lipinski definition) is 0. The Morgan fingerprint density at radius 3 is 2.06 bits per heavy atom. The zero-order chi connectivity index (χ0) is 24.1. The van der Waals surface area contributed by atoms with Crippen LogP contribution in [0.3, 0.4) is 0 Å². The first-order valence-corrected chi connectivity index (χ1v) is 10.5. The van der Waals surface area contributed by atoms with Crippen LogP contribution in [0, 0.1) is 0 Å². The second-order valence-corrected chi connectivity index (χ2v) is 7.82. The summed E-state index contributed by atoms with van der Waals surface area (Å²) in [7, 11) is 4.24. The fourth-order valence-electron chi connectivity index (χ4n) is 4.07. The SMILES string of the molecule is COC(=O)C1=CC=C(/C=C/c2ccc(OC)cc2)C2=C(C)C=C(C)C=C(C)C2=C1C(=O)OC. The summed E-state index contributed by atoms with van der Waals surface area (Å²) in [6, 6.07) is 7.71. The molecule has 0 radical (unpaired) electrons. The van der Waals surface area contributed by atoms with Crippen molar-refractivity contribution in [3.8, 4) is 5.75 Å². The summed E-state index contributed by atoms with van der Waals surface area (Å²) >= 11 is 0. The van der Waals surface area contributed by atoms with Gasteiger partial charge in [0.1, 0.15) is 5.75 Å². The Morgan fingerprint density at radius 2 is 1.45 bits per heavy atom. The highest BCUT2D eigenvalue weighted by molar-refractivity contribution is 6.09. The lowest BCUT2D eigenvalue weighted by molar-refractivity contribution is -0.139. The highest BCUT2D eigenvalue weighted by atomic mass is 16.5. The molecule has 1 aromatic rings. The Balaban J connectivity index is 2.28. The number of fused-ring (bicyclic) bond motifs is 1. The van der Waals surface area contributed by atoms with Gasteiger partial charge in [-0.3, -0.25) is 0 Å². The summed E-state index contributed by atoms with van der Waals surface area (Å²) in [5.74, 6) is -0.408. The van der Waals surface area contributed by atoms with Gasteiger partial charge in [0.15, 0.2) is 0 Å². The van der Waals surface area contributed by atoms with Crippen molar-refractivity contribution in [2.45, 2.75) is 20.8 Å². The van der Waals surface area contributed by atoms with E-state index in [0.717, 1.165) is 39.2 Å². The average Bonchev–Trinajstić information content (AvgIpc) is 3.05. The zero-order valence-corrected chi connectivity index (χ0v) is 19.8. The van der Waals surface area contributed by atoms with E-state index in [1.54, 1.807) is 13.2 Å². The first kappa shape index (κ1) is 23.8. The molecule has 33 heavy (non-hydrogen) atoms. The maximum absolute atomic E-state index is 12.9. The Labute approximate surface area is 194 Å². The number of hydrogen-bond acceptors (Lipinski definition) is 5. The average molecular weight is 445 g/mol. The molecule has 5 nitrogen and oxygen atoms in total. The van der Waals surface area contributed by atoms with Crippen LogP contribution in [0.4, 0.5) is 0 Å². The molecule has 0 aliphatic heterocycles. The van der Waals surface area contributed by atoms with Gasteiger partial charge in [-0.2, -0.15) is 0 Å². The van der Waals surface area contributed by atoms with E-state index in [0.29, 0.717) is 5.57 Å². The van der Waals surface area contributed by atoms with Crippen molar-refractivity contribution in [3.05, 3.63) is 105 Å². The van der Waals surface area contributed by atoms with Crippen LogP contribution < -0.4 is 4.74 Å². The molecule has 2 aliphatic carbocycles. The molecule has 5 heteroatoms. The molecule has 170 valence electrons. The summed E-state index contributed by atoms with van der Waals surface area (Å²) in [4.78, 5) is 25.6. The maximum Gasteiger partial charge on any atom is 0.339 e. The van der Waals surface area contributed by atoms with Crippen LogP contribution in [-0.2, 0) is 19.1 Å². The zero-order valence-electron chi connectivity index (χ0n) is 19.8. The van der Waals surface area contributed by atoms with Crippen LogP contribution in [0.1, 0.15) is 26.3 Å².